The fraction of sp³-hybridized carbons (Fsp3) is 0.348. The molecular weight excluding hydrogens is 304 g/mol. The van der Waals surface area contributed by atoms with Gasteiger partial charge in [0.15, 0.2) is 0 Å². The normalized spacial score (nSPS) is 13.2. The van der Waals surface area contributed by atoms with Crippen molar-refractivity contribution < 1.29 is 0 Å². The minimum absolute atomic E-state index is 0.0471. The summed E-state index contributed by atoms with van der Waals surface area (Å²) in [5.41, 5.74) is 6.06. The number of hydrogen-bond donors (Lipinski definition) is 1. The molecule has 2 aromatic heterocycles. The Morgan fingerprint density at radius 2 is 1.52 bits per heavy atom. The van der Waals surface area contributed by atoms with Crippen LogP contribution in [0.3, 0.4) is 0 Å². The molecule has 0 unspecified atom stereocenters. The van der Waals surface area contributed by atoms with Crippen LogP contribution in [0, 0.1) is 0 Å². The minimum atomic E-state index is 0.0471. The molecule has 0 saturated carbocycles. The summed E-state index contributed by atoms with van der Waals surface area (Å²) in [7, 11) is 0. The number of fused-ring (bicyclic) bond motifs is 5. The van der Waals surface area contributed by atoms with Crippen molar-refractivity contribution in [1.29, 1.82) is 0 Å². The highest BCUT2D eigenvalue weighted by molar-refractivity contribution is 6.18. The van der Waals surface area contributed by atoms with Crippen molar-refractivity contribution >= 4 is 32.7 Å². The van der Waals surface area contributed by atoms with E-state index in [-0.39, 0.29) is 10.8 Å². The summed E-state index contributed by atoms with van der Waals surface area (Å²) in [4.78, 5) is 8.67. The van der Waals surface area contributed by atoms with Crippen molar-refractivity contribution in [3.63, 3.8) is 0 Å². The van der Waals surface area contributed by atoms with Gasteiger partial charge < -0.3 is 4.98 Å². The number of rotatable bonds is 0. The number of aromatic nitrogens is 2. The van der Waals surface area contributed by atoms with Crippen LogP contribution in [0.15, 0.2) is 42.5 Å². The molecule has 25 heavy (non-hydrogen) atoms. The zero-order valence-electron chi connectivity index (χ0n) is 16.0. The van der Waals surface area contributed by atoms with Crippen molar-refractivity contribution in [3.05, 3.63) is 53.7 Å². The van der Waals surface area contributed by atoms with Crippen LogP contribution in [0.4, 0.5) is 0 Å². The molecule has 0 fully saturated rings. The van der Waals surface area contributed by atoms with Crippen molar-refractivity contribution in [1.82, 2.24) is 9.97 Å². The van der Waals surface area contributed by atoms with Crippen LogP contribution in [0.2, 0.25) is 0 Å². The van der Waals surface area contributed by atoms with Crippen molar-refractivity contribution in [3.8, 4) is 0 Å². The highest BCUT2D eigenvalue weighted by atomic mass is 14.7. The van der Waals surface area contributed by atoms with Crippen LogP contribution in [0.5, 0.6) is 0 Å². The zero-order valence-corrected chi connectivity index (χ0v) is 16.0. The van der Waals surface area contributed by atoms with Gasteiger partial charge in [-0.25, -0.2) is 0 Å². The van der Waals surface area contributed by atoms with Gasteiger partial charge in [-0.05, 0) is 35.2 Å². The number of hydrogen-bond acceptors (Lipinski definition) is 1. The average molecular weight is 330 g/mol. The Bertz CT molecular complexity index is 1100. The van der Waals surface area contributed by atoms with Gasteiger partial charge in [0.1, 0.15) is 0 Å². The van der Waals surface area contributed by atoms with Gasteiger partial charge in [-0.3, -0.25) is 4.98 Å². The molecule has 2 aromatic carbocycles. The molecule has 0 spiro atoms. The van der Waals surface area contributed by atoms with Gasteiger partial charge in [0.2, 0.25) is 0 Å². The predicted molar refractivity (Wildman–Crippen MR) is 109 cm³/mol. The first-order chi connectivity index (χ1) is 11.7. The molecule has 1 N–H and O–H groups in total. The molecule has 2 heterocycles. The van der Waals surface area contributed by atoms with Crippen LogP contribution >= 0.6 is 0 Å². The molecule has 2 heteroatoms. The molecule has 0 aliphatic rings. The van der Waals surface area contributed by atoms with Gasteiger partial charge in [0.05, 0.1) is 11.0 Å². The van der Waals surface area contributed by atoms with E-state index in [0.717, 1.165) is 11.2 Å². The first-order valence-corrected chi connectivity index (χ1v) is 9.01. The summed E-state index contributed by atoms with van der Waals surface area (Å²) in [6.45, 7) is 13.5. The smallest absolute Gasteiger partial charge is 0.0729 e. The Balaban J connectivity index is 2.21. The van der Waals surface area contributed by atoms with Crippen LogP contribution in [0.1, 0.15) is 52.8 Å². The second-order valence-electron chi connectivity index (χ2n) is 9.11. The number of nitrogens with one attached hydrogen (secondary N) is 1. The number of para-hydroxylation sites is 1. The van der Waals surface area contributed by atoms with E-state index >= 15 is 0 Å². The SMILES string of the molecule is CC(C)(C)c1ccc2c(cc(C(C)(C)C)c3c4ccccc4[nH]c23)n1. The summed E-state index contributed by atoms with van der Waals surface area (Å²) in [6, 6.07) is 15.3. The third-order valence-corrected chi connectivity index (χ3v) is 5.03. The molecule has 0 radical (unpaired) electrons. The van der Waals surface area contributed by atoms with Crippen LogP contribution in [-0.2, 0) is 10.8 Å². The second-order valence-corrected chi connectivity index (χ2v) is 9.11. The van der Waals surface area contributed by atoms with Crippen LogP contribution in [-0.4, -0.2) is 9.97 Å². The summed E-state index contributed by atoms with van der Waals surface area (Å²) >= 11 is 0. The lowest BCUT2D eigenvalue weighted by Crippen LogP contribution is -2.14. The Morgan fingerprint density at radius 1 is 0.800 bits per heavy atom. The molecule has 0 aliphatic heterocycles. The highest BCUT2D eigenvalue weighted by Crippen LogP contribution is 2.39. The number of H-pyrrole nitrogens is 1. The molecule has 0 amide bonds. The van der Waals surface area contributed by atoms with Crippen molar-refractivity contribution in [2.24, 2.45) is 0 Å². The Labute approximate surface area is 149 Å². The molecule has 0 atom stereocenters. The number of nitrogens with zero attached hydrogens (tertiary/aromatic N) is 1. The maximum Gasteiger partial charge on any atom is 0.0729 e. The fourth-order valence-corrected chi connectivity index (χ4v) is 3.64. The molecule has 2 nitrogen and oxygen atoms in total. The maximum atomic E-state index is 5.02. The lowest BCUT2D eigenvalue weighted by Gasteiger charge is -2.23. The number of pyridine rings is 1. The summed E-state index contributed by atoms with van der Waals surface area (Å²) < 4.78 is 0. The number of benzene rings is 2. The topological polar surface area (TPSA) is 28.7 Å². The molecule has 4 rings (SSSR count). The zero-order chi connectivity index (χ0) is 18.0. The van der Waals surface area contributed by atoms with Gasteiger partial charge in [0, 0.05) is 32.8 Å². The van der Waals surface area contributed by atoms with Crippen molar-refractivity contribution in [2.75, 3.05) is 0 Å². The third kappa shape index (κ3) is 2.52. The van der Waals surface area contributed by atoms with E-state index in [2.05, 4.69) is 89.0 Å². The largest absolute Gasteiger partial charge is 0.354 e. The van der Waals surface area contributed by atoms with E-state index in [1.807, 2.05) is 0 Å². The van der Waals surface area contributed by atoms with E-state index in [4.69, 9.17) is 4.98 Å². The van der Waals surface area contributed by atoms with Gasteiger partial charge in [-0.2, -0.15) is 0 Å². The fourth-order valence-electron chi connectivity index (χ4n) is 3.64. The van der Waals surface area contributed by atoms with E-state index in [1.54, 1.807) is 0 Å². The average Bonchev–Trinajstić information content (AvgIpc) is 2.91. The van der Waals surface area contributed by atoms with E-state index in [1.165, 1.54) is 32.8 Å². The molecule has 0 saturated heterocycles. The maximum absolute atomic E-state index is 5.02. The lowest BCUT2D eigenvalue weighted by molar-refractivity contribution is 0.571. The molecule has 128 valence electrons. The van der Waals surface area contributed by atoms with Gasteiger partial charge in [-0.1, -0.05) is 59.7 Å². The van der Waals surface area contributed by atoms with Gasteiger partial charge >= 0.3 is 0 Å². The predicted octanol–water partition coefficient (Wildman–Crippen LogP) is 6.46. The Hall–Kier alpha value is -2.35. The minimum Gasteiger partial charge on any atom is -0.354 e. The lowest BCUT2D eigenvalue weighted by atomic mass is 9.83. The number of aromatic amines is 1. The summed E-state index contributed by atoms with van der Waals surface area (Å²) in [5.74, 6) is 0. The summed E-state index contributed by atoms with van der Waals surface area (Å²) in [6.07, 6.45) is 0. The van der Waals surface area contributed by atoms with Crippen LogP contribution < -0.4 is 0 Å². The third-order valence-electron chi connectivity index (χ3n) is 5.03. The Morgan fingerprint density at radius 3 is 2.20 bits per heavy atom. The monoisotopic (exact) mass is 330 g/mol. The van der Waals surface area contributed by atoms with Gasteiger partial charge in [-0.15, -0.1) is 0 Å². The first-order valence-electron chi connectivity index (χ1n) is 9.01. The second kappa shape index (κ2) is 5.08. The molecule has 0 aliphatic carbocycles. The molecule has 4 aromatic rings. The van der Waals surface area contributed by atoms with Crippen LogP contribution in [0.25, 0.3) is 32.7 Å². The van der Waals surface area contributed by atoms with Gasteiger partial charge in [0.25, 0.3) is 0 Å². The van der Waals surface area contributed by atoms with E-state index in [9.17, 15) is 0 Å². The Kier molecular flexibility index (Phi) is 3.28. The first kappa shape index (κ1) is 16.1. The van der Waals surface area contributed by atoms with Crippen molar-refractivity contribution in [2.45, 2.75) is 52.4 Å². The molecule has 0 bridgehead atoms. The van der Waals surface area contributed by atoms with E-state index < -0.39 is 0 Å². The van der Waals surface area contributed by atoms with E-state index in [0.29, 0.717) is 0 Å². The quantitative estimate of drug-likeness (QED) is 0.393. The highest BCUT2D eigenvalue weighted by Gasteiger charge is 2.23. The summed E-state index contributed by atoms with van der Waals surface area (Å²) in [5, 5.41) is 3.83. The standard InChI is InChI=1S/C23H26N2/c1-22(2,3)16-13-18-15(11-12-19(24-18)23(4,5)6)21-20(16)14-9-7-8-10-17(14)25-21/h7-13,25H,1-6H3. The molecular formula is C23H26N2.